The van der Waals surface area contributed by atoms with E-state index in [4.69, 9.17) is 5.26 Å². The van der Waals surface area contributed by atoms with Crippen LogP contribution in [-0.4, -0.2) is 4.98 Å². The van der Waals surface area contributed by atoms with E-state index in [1.807, 2.05) is 28.7 Å². The molecule has 0 aliphatic carbocycles. The highest BCUT2D eigenvalue weighted by molar-refractivity contribution is 14.1. The predicted molar refractivity (Wildman–Crippen MR) is 46.2 cm³/mol. The van der Waals surface area contributed by atoms with Gasteiger partial charge in [-0.05, 0) is 34.7 Å². The first-order valence-corrected chi connectivity index (χ1v) is 4.00. The molecule has 0 spiro atoms. The Morgan fingerprint density at radius 2 is 2.36 bits per heavy atom. The molecule has 0 amide bonds. The van der Waals surface area contributed by atoms with Crippen LogP contribution >= 0.6 is 22.6 Å². The summed E-state index contributed by atoms with van der Waals surface area (Å²) < 4.78 is 13.3. The summed E-state index contributed by atoms with van der Waals surface area (Å²) in [6.45, 7) is 0. The molecule has 0 aliphatic rings. The van der Waals surface area contributed by atoms with Crippen molar-refractivity contribution in [2.75, 3.05) is 0 Å². The van der Waals surface area contributed by atoms with Gasteiger partial charge in [-0.25, -0.2) is 4.98 Å². The number of nitrogens with zero attached hydrogens (tertiary/aromatic N) is 2. The molecule has 0 unspecified atom stereocenters. The van der Waals surface area contributed by atoms with Crippen LogP contribution in [0.2, 0.25) is 0 Å². The van der Waals surface area contributed by atoms with Gasteiger partial charge in [-0.15, -0.1) is 0 Å². The molecule has 0 bridgehead atoms. The third-order valence-corrected chi connectivity index (χ3v) is 2.11. The minimum Gasteiger partial charge on any atom is -0.223 e. The van der Waals surface area contributed by atoms with Crippen molar-refractivity contribution in [3.63, 3.8) is 0 Å². The van der Waals surface area contributed by atoms with Crippen LogP contribution in [0, 0.1) is 20.8 Å². The van der Waals surface area contributed by atoms with Gasteiger partial charge in [-0.1, -0.05) is 0 Å². The molecule has 0 radical (unpaired) electrons. The Morgan fingerprint density at radius 1 is 1.64 bits per heavy atom. The SMILES string of the molecule is N#CCc1nc(F)ccc1I. The van der Waals surface area contributed by atoms with E-state index < -0.39 is 5.95 Å². The largest absolute Gasteiger partial charge is 0.223 e. The zero-order valence-corrected chi connectivity index (χ0v) is 7.67. The van der Waals surface area contributed by atoms with Crippen molar-refractivity contribution in [1.29, 1.82) is 5.26 Å². The zero-order chi connectivity index (χ0) is 8.27. The predicted octanol–water partition coefficient (Wildman–Crippen LogP) is 1.89. The van der Waals surface area contributed by atoms with Crippen LogP contribution in [0.4, 0.5) is 4.39 Å². The summed E-state index contributed by atoms with van der Waals surface area (Å²) in [5.41, 5.74) is 0.508. The van der Waals surface area contributed by atoms with Gasteiger partial charge in [0.1, 0.15) is 0 Å². The highest BCUT2D eigenvalue weighted by Crippen LogP contribution is 2.10. The Balaban J connectivity index is 3.05. The fraction of sp³-hybridized carbons (Fsp3) is 0.143. The minimum atomic E-state index is -0.532. The molecule has 1 heterocycles. The smallest absolute Gasteiger partial charge is 0.213 e. The van der Waals surface area contributed by atoms with E-state index in [-0.39, 0.29) is 6.42 Å². The van der Waals surface area contributed by atoms with Gasteiger partial charge >= 0.3 is 0 Å². The Kier molecular flexibility index (Phi) is 2.76. The Morgan fingerprint density at radius 3 is 3.00 bits per heavy atom. The molecule has 0 N–H and O–H groups in total. The molecule has 0 atom stereocenters. The highest BCUT2D eigenvalue weighted by Gasteiger charge is 2.01. The topological polar surface area (TPSA) is 36.7 Å². The third kappa shape index (κ3) is 2.12. The summed E-state index contributed by atoms with van der Waals surface area (Å²) in [6.07, 6.45) is 0.163. The second-order valence-corrected chi connectivity index (χ2v) is 3.06. The number of hydrogen-bond acceptors (Lipinski definition) is 2. The van der Waals surface area contributed by atoms with Crippen LogP contribution in [0.1, 0.15) is 5.69 Å². The Labute approximate surface area is 77.2 Å². The maximum absolute atomic E-state index is 12.4. The van der Waals surface area contributed by atoms with E-state index in [0.29, 0.717) is 5.69 Å². The van der Waals surface area contributed by atoms with Crippen molar-refractivity contribution in [2.45, 2.75) is 6.42 Å². The van der Waals surface area contributed by atoms with Gasteiger partial charge in [0, 0.05) is 3.57 Å². The van der Waals surface area contributed by atoms with Crippen LogP contribution in [0.3, 0.4) is 0 Å². The number of pyridine rings is 1. The molecule has 0 fully saturated rings. The van der Waals surface area contributed by atoms with Crippen molar-refractivity contribution < 1.29 is 4.39 Å². The lowest BCUT2D eigenvalue weighted by molar-refractivity contribution is 0.578. The summed E-state index contributed by atoms with van der Waals surface area (Å²) in [5, 5.41) is 8.32. The van der Waals surface area contributed by atoms with Gasteiger partial charge in [-0.3, -0.25) is 0 Å². The molecule has 0 aromatic carbocycles. The van der Waals surface area contributed by atoms with Crippen LogP contribution in [0.15, 0.2) is 12.1 Å². The average Bonchev–Trinajstić information content (AvgIpc) is 1.98. The minimum absolute atomic E-state index is 0.163. The number of nitriles is 1. The van der Waals surface area contributed by atoms with E-state index >= 15 is 0 Å². The van der Waals surface area contributed by atoms with Gasteiger partial charge in [0.05, 0.1) is 18.2 Å². The fourth-order valence-corrected chi connectivity index (χ4v) is 1.15. The number of hydrogen-bond donors (Lipinski definition) is 0. The first-order chi connectivity index (χ1) is 5.24. The van der Waals surface area contributed by atoms with Crippen molar-refractivity contribution in [1.82, 2.24) is 4.98 Å². The molecule has 2 nitrogen and oxygen atoms in total. The van der Waals surface area contributed by atoms with E-state index in [9.17, 15) is 4.39 Å². The summed E-state index contributed by atoms with van der Waals surface area (Å²) >= 11 is 2.02. The first kappa shape index (κ1) is 8.40. The second kappa shape index (κ2) is 3.62. The molecule has 4 heteroatoms. The highest BCUT2D eigenvalue weighted by atomic mass is 127. The number of aromatic nitrogens is 1. The molecule has 0 aliphatic heterocycles. The Hall–Kier alpha value is -0.700. The van der Waals surface area contributed by atoms with Crippen LogP contribution < -0.4 is 0 Å². The lowest BCUT2D eigenvalue weighted by Crippen LogP contribution is -1.94. The van der Waals surface area contributed by atoms with Crippen LogP contribution in [-0.2, 0) is 6.42 Å². The van der Waals surface area contributed by atoms with E-state index in [2.05, 4.69) is 4.98 Å². The first-order valence-electron chi connectivity index (χ1n) is 2.92. The lowest BCUT2D eigenvalue weighted by atomic mass is 10.3. The monoisotopic (exact) mass is 262 g/mol. The van der Waals surface area contributed by atoms with Gasteiger partial charge in [0.2, 0.25) is 5.95 Å². The summed E-state index contributed by atoms with van der Waals surface area (Å²) in [6, 6.07) is 4.81. The van der Waals surface area contributed by atoms with E-state index in [1.165, 1.54) is 6.07 Å². The van der Waals surface area contributed by atoms with E-state index in [1.54, 1.807) is 6.07 Å². The normalized spacial score (nSPS) is 9.18. The van der Waals surface area contributed by atoms with E-state index in [0.717, 1.165) is 3.57 Å². The molecule has 1 rings (SSSR count). The number of halogens is 2. The molecule has 11 heavy (non-hydrogen) atoms. The Bertz CT molecular complexity index is 306. The zero-order valence-electron chi connectivity index (χ0n) is 5.51. The number of rotatable bonds is 1. The quantitative estimate of drug-likeness (QED) is 0.572. The maximum atomic E-state index is 12.4. The summed E-state index contributed by atoms with van der Waals surface area (Å²) in [5.74, 6) is -0.532. The summed E-state index contributed by atoms with van der Waals surface area (Å²) in [7, 11) is 0. The molecular weight excluding hydrogens is 258 g/mol. The van der Waals surface area contributed by atoms with Gasteiger partial charge < -0.3 is 0 Å². The lowest BCUT2D eigenvalue weighted by Gasteiger charge is -1.96. The van der Waals surface area contributed by atoms with Crippen molar-refractivity contribution in [3.8, 4) is 6.07 Å². The summed E-state index contributed by atoms with van der Waals surface area (Å²) in [4.78, 5) is 3.57. The van der Waals surface area contributed by atoms with Crippen LogP contribution in [0.25, 0.3) is 0 Å². The molecule has 0 saturated carbocycles. The second-order valence-electron chi connectivity index (χ2n) is 1.90. The van der Waals surface area contributed by atoms with Crippen molar-refractivity contribution in [2.24, 2.45) is 0 Å². The fourth-order valence-electron chi connectivity index (χ4n) is 0.657. The molecule has 1 aromatic heterocycles. The van der Waals surface area contributed by atoms with Crippen molar-refractivity contribution >= 4 is 22.6 Å². The molecular formula is C7H4FIN2. The molecule has 0 saturated heterocycles. The van der Waals surface area contributed by atoms with Gasteiger partial charge in [-0.2, -0.15) is 9.65 Å². The average molecular weight is 262 g/mol. The third-order valence-electron chi connectivity index (χ3n) is 1.13. The maximum Gasteiger partial charge on any atom is 0.213 e. The molecule has 1 aromatic rings. The van der Waals surface area contributed by atoms with Gasteiger partial charge in [0.25, 0.3) is 0 Å². The van der Waals surface area contributed by atoms with Gasteiger partial charge in [0.15, 0.2) is 0 Å². The van der Waals surface area contributed by atoms with Crippen LogP contribution in [0.5, 0.6) is 0 Å². The molecule has 56 valence electrons. The van der Waals surface area contributed by atoms with Crippen molar-refractivity contribution in [3.05, 3.63) is 27.3 Å². The standard InChI is InChI=1S/C7H4FIN2/c8-7-2-1-5(9)6(11-7)3-4-10/h1-2H,3H2.